The Balaban J connectivity index is 2.11. The van der Waals surface area contributed by atoms with Gasteiger partial charge >= 0.3 is 0 Å². The van der Waals surface area contributed by atoms with Crippen LogP contribution in [0.1, 0.15) is 32.6 Å². The van der Waals surface area contributed by atoms with Crippen LogP contribution in [0.2, 0.25) is 0 Å². The van der Waals surface area contributed by atoms with Gasteiger partial charge in [0.2, 0.25) is 0 Å². The summed E-state index contributed by atoms with van der Waals surface area (Å²) in [5.74, 6) is 0.759. The minimum absolute atomic E-state index is 0.403. The summed E-state index contributed by atoms with van der Waals surface area (Å²) in [7, 11) is 0. The van der Waals surface area contributed by atoms with Crippen molar-refractivity contribution >= 4 is 23.2 Å². The zero-order chi connectivity index (χ0) is 10.4. The Labute approximate surface area is 96.8 Å². The van der Waals surface area contributed by atoms with Gasteiger partial charge in [-0.25, -0.2) is 0 Å². The smallest absolute Gasteiger partial charge is 0.0339 e. The van der Waals surface area contributed by atoms with Crippen LogP contribution < -0.4 is 5.32 Å². The van der Waals surface area contributed by atoms with Crippen molar-refractivity contribution in [2.45, 2.75) is 38.0 Å². The lowest BCUT2D eigenvalue weighted by molar-refractivity contribution is 0.350. The number of hydrogen-bond donors (Lipinski definition) is 1. The molecule has 1 fully saturated rings. The van der Waals surface area contributed by atoms with Crippen molar-refractivity contribution in [2.24, 2.45) is 5.92 Å². The summed E-state index contributed by atoms with van der Waals surface area (Å²) in [5.41, 5.74) is 2.82. The molecule has 1 N–H and O–H groups in total. The predicted octanol–water partition coefficient (Wildman–Crippen LogP) is 3.52. The lowest BCUT2D eigenvalue weighted by Crippen LogP contribution is -2.28. The van der Waals surface area contributed by atoms with Gasteiger partial charge < -0.3 is 5.32 Å². The summed E-state index contributed by atoms with van der Waals surface area (Å²) in [5, 5.41) is 3.82. The zero-order valence-electron chi connectivity index (χ0n) is 8.73. The highest BCUT2D eigenvalue weighted by Crippen LogP contribution is 2.27. The fourth-order valence-electron chi connectivity index (χ4n) is 1.92. The average molecular weight is 236 g/mol. The third-order valence-electron chi connectivity index (χ3n) is 2.74. The molecule has 0 spiro atoms. The summed E-state index contributed by atoms with van der Waals surface area (Å²) in [6, 6.07) is 0. The average Bonchev–Trinajstić information content (AvgIpc) is 2.17. The van der Waals surface area contributed by atoms with E-state index < -0.39 is 0 Å². The lowest BCUT2D eigenvalue weighted by atomic mass is 9.89. The van der Waals surface area contributed by atoms with Gasteiger partial charge in [-0.1, -0.05) is 18.0 Å². The number of hydrogen-bond acceptors (Lipinski definition) is 1. The van der Waals surface area contributed by atoms with Crippen LogP contribution in [0.25, 0.3) is 0 Å². The normalized spacial score (nSPS) is 29.2. The van der Waals surface area contributed by atoms with Gasteiger partial charge in [-0.2, -0.15) is 0 Å². The van der Waals surface area contributed by atoms with E-state index in [-0.39, 0.29) is 0 Å². The summed E-state index contributed by atoms with van der Waals surface area (Å²) in [4.78, 5) is 0. The van der Waals surface area contributed by atoms with E-state index in [0.717, 1.165) is 25.4 Å². The number of halogens is 2. The van der Waals surface area contributed by atoms with Crippen LogP contribution in [0.3, 0.4) is 0 Å². The second-order valence-electron chi connectivity index (χ2n) is 4.22. The molecule has 0 aromatic heterocycles. The van der Waals surface area contributed by atoms with Crippen molar-refractivity contribution in [3.8, 4) is 0 Å². The first-order valence-corrected chi connectivity index (χ1v) is 6.20. The van der Waals surface area contributed by atoms with Gasteiger partial charge in [0.15, 0.2) is 0 Å². The monoisotopic (exact) mass is 235 g/mol. The molecule has 2 unspecified atom stereocenters. The third-order valence-corrected chi connectivity index (χ3v) is 3.51. The van der Waals surface area contributed by atoms with Crippen LogP contribution in [0, 0.1) is 5.92 Å². The molecule has 0 radical (unpaired) electrons. The SMILES string of the molecule is CC(=CCl)CNCC1CCCC(Cl)C1. The van der Waals surface area contributed by atoms with Gasteiger partial charge in [0.25, 0.3) is 0 Å². The van der Waals surface area contributed by atoms with E-state index in [1.807, 2.05) is 6.92 Å². The molecule has 0 aliphatic heterocycles. The van der Waals surface area contributed by atoms with Crippen LogP contribution in [0.5, 0.6) is 0 Å². The molecule has 1 nitrogen and oxygen atoms in total. The molecule has 0 amide bonds. The Morgan fingerprint density at radius 3 is 2.93 bits per heavy atom. The molecule has 0 heterocycles. The van der Waals surface area contributed by atoms with Crippen LogP contribution in [-0.2, 0) is 0 Å². The summed E-state index contributed by atoms with van der Waals surface area (Å²) < 4.78 is 0. The van der Waals surface area contributed by atoms with Crippen molar-refractivity contribution in [3.63, 3.8) is 0 Å². The summed E-state index contributed by atoms with van der Waals surface area (Å²) in [6.45, 7) is 4.00. The maximum atomic E-state index is 6.12. The Morgan fingerprint density at radius 1 is 1.50 bits per heavy atom. The maximum absolute atomic E-state index is 6.12. The largest absolute Gasteiger partial charge is 0.313 e. The quantitative estimate of drug-likeness (QED) is 0.736. The number of alkyl halides is 1. The van der Waals surface area contributed by atoms with Crippen molar-refractivity contribution < 1.29 is 0 Å². The molecule has 3 heteroatoms. The zero-order valence-corrected chi connectivity index (χ0v) is 10.2. The van der Waals surface area contributed by atoms with Crippen LogP contribution in [0.4, 0.5) is 0 Å². The molecule has 0 saturated heterocycles. The molecule has 2 atom stereocenters. The molecular formula is C11H19Cl2N. The predicted molar refractivity (Wildman–Crippen MR) is 64.1 cm³/mol. The molecule has 0 aromatic carbocycles. The van der Waals surface area contributed by atoms with Crippen molar-refractivity contribution in [1.82, 2.24) is 5.32 Å². The molecule has 1 aliphatic rings. The van der Waals surface area contributed by atoms with Crippen LogP contribution in [0.15, 0.2) is 11.1 Å². The highest BCUT2D eigenvalue weighted by atomic mass is 35.5. The van der Waals surface area contributed by atoms with Gasteiger partial charge in [0, 0.05) is 17.5 Å². The van der Waals surface area contributed by atoms with Gasteiger partial charge in [-0.05, 0) is 44.2 Å². The number of rotatable bonds is 4. The van der Waals surface area contributed by atoms with E-state index in [9.17, 15) is 0 Å². The minimum atomic E-state index is 0.403. The topological polar surface area (TPSA) is 12.0 Å². The molecular weight excluding hydrogens is 217 g/mol. The standard InChI is InChI=1S/C11H19Cl2N/c1-9(6-12)7-14-8-10-3-2-4-11(13)5-10/h6,10-11,14H,2-5,7-8H2,1H3. The Kier molecular flexibility index (Phi) is 5.92. The lowest BCUT2D eigenvalue weighted by Gasteiger charge is -2.25. The molecule has 14 heavy (non-hydrogen) atoms. The van der Waals surface area contributed by atoms with Gasteiger partial charge in [-0.15, -0.1) is 11.6 Å². The minimum Gasteiger partial charge on any atom is -0.313 e. The maximum Gasteiger partial charge on any atom is 0.0339 e. The summed E-state index contributed by atoms with van der Waals surface area (Å²) >= 11 is 11.7. The molecule has 1 aliphatic carbocycles. The van der Waals surface area contributed by atoms with E-state index >= 15 is 0 Å². The highest BCUT2D eigenvalue weighted by molar-refractivity contribution is 6.25. The van der Waals surface area contributed by atoms with Crippen molar-refractivity contribution in [2.75, 3.05) is 13.1 Å². The van der Waals surface area contributed by atoms with Crippen molar-refractivity contribution in [1.29, 1.82) is 0 Å². The van der Waals surface area contributed by atoms with Crippen molar-refractivity contribution in [3.05, 3.63) is 11.1 Å². The first-order chi connectivity index (χ1) is 6.72. The van der Waals surface area contributed by atoms with E-state index in [1.54, 1.807) is 5.54 Å². The molecule has 1 rings (SSSR count). The van der Waals surface area contributed by atoms with Crippen LogP contribution in [-0.4, -0.2) is 18.5 Å². The van der Waals surface area contributed by atoms with E-state index in [2.05, 4.69) is 5.32 Å². The molecule has 0 bridgehead atoms. The molecule has 82 valence electrons. The molecule has 0 aromatic rings. The molecule has 1 saturated carbocycles. The van der Waals surface area contributed by atoms with Gasteiger partial charge in [0.05, 0.1) is 0 Å². The van der Waals surface area contributed by atoms with Gasteiger partial charge in [0.1, 0.15) is 0 Å². The number of nitrogens with one attached hydrogen (secondary N) is 1. The van der Waals surface area contributed by atoms with Gasteiger partial charge in [-0.3, -0.25) is 0 Å². The first kappa shape index (κ1) is 12.4. The highest BCUT2D eigenvalue weighted by Gasteiger charge is 2.19. The third kappa shape index (κ3) is 4.68. The second kappa shape index (κ2) is 6.71. The Morgan fingerprint density at radius 2 is 2.29 bits per heavy atom. The Hall–Kier alpha value is 0.280. The van der Waals surface area contributed by atoms with E-state index in [4.69, 9.17) is 23.2 Å². The Bertz CT molecular complexity index is 192. The van der Waals surface area contributed by atoms with E-state index in [0.29, 0.717) is 5.38 Å². The fraction of sp³-hybridized carbons (Fsp3) is 0.818. The van der Waals surface area contributed by atoms with Crippen LogP contribution >= 0.6 is 23.2 Å². The second-order valence-corrected chi connectivity index (χ2v) is 5.05. The fourth-order valence-corrected chi connectivity index (χ4v) is 2.41. The van der Waals surface area contributed by atoms with E-state index in [1.165, 1.54) is 24.8 Å². The first-order valence-electron chi connectivity index (χ1n) is 5.33. The summed E-state index contributed by atoms with van der Waals surface area (Å²) in [6.07, 6.45) is 4.96.